The molecule has 0 heterocycles. The number of aryl methyl sites for hydroxylation is 2. The zero-order valence-corrected chi connectivity index (χ0v) is 25.9. The van der Waals surface area contributed by atoms with E-state index in [1.807, 2.05) is 45.0 Å². The molecule has 0 aromatic heterocycles. The molecule has 0 fully saturated rings. The molecular weight excluding hydrogens is 594 g/mol. The number of methoxy groups -OCH3 is 1. The molecule has 1 N–H and O–H groups in total. The molecule has 214 valence electrons. The van der Waals surface area contributed by atoms with Crippen LogP contribution in [0.25, 0.3) is 0 Å². The summed E-state index contributed by atoms with van der Waals surface area (Å²) in [4.78, 5) is 28.5. The van der Waals surface area contributed by atoms with Crippen molar-refractivity contribution in [3.05, 3.63) is 87.9 Å². The van der Waals surface area contributed by atoms with E-state index in [2.05, 4.69) is 21.2 Å². The summed E-state index contributed by atoms with van der Waals surface area (Å²) in [5.74, 6) is -0.531. The van der Waals surface area contributed by atoms with Crippen molar-refractivity contribution in [3.63, 3.8) is 0 Å². The van der Waals surface area contributed by atoms with E-state index in [0.29, 0.717) is 12.3 Å². The summed E-state index contributed by atoms with van der Waals surface area (Å²) >= 11 is 3.42. The number of hydrogen-bond acceptors (Lipinski definition) is 5. The fraction of sp³-hybridized carbons (Fsp3) is 0.333. The monoisotopic (exact) mass is 629 g/mol. The largest absolute Gasteiger partial charge is 0.495 e. The third-order valence-electron chi connectivity index (χ3n) is 6.47. The van der Waals surface area contributed by atoms with Crippen LogP contribution in [-0.2, 0) is 26.2 Å². The third-order valence-corrected chi connectivity index (χ3v) is 8.78. The first-order valence-corrected chi connectivity index (χ1v) is 15.3. The van der Waals surface area contributed by atoms with E-state index in [1.165, 1.54) is 24.1 Å². The maximum atomic E-state index is 14.0. The minimum Gasteiger partial charge on any atom is -0.495 e. The molecule has 2 amide bonds. The fourth-order valence-corrected chi connectivity index (χ4v) is 5.79. The zero-order chi connectivity index (χ0) is 29.4. The lowest BCUT2D eigenvalue weighted by Crippen LogP contribution is -2.51. The number of nitrogens with one attached hydrogen (secondary N) is 1. The zero-order valence-electron chi connectivity index (χ0n) is 23.5. The molecule has 8 nitrogen and oxygen atoms in total. The summed E-state index contributed by atoms with van der Waals surface area (Å²) in [5.41, 5.74) is 2.74. The Hall–Kier alpha value is -3.37. The van der Waals surface area contributed by atoms with Crippen LogP contribution >= 0.6 is 15.9 Å². The van der Waals surface area contributed by atoms with Crippen molar-refractivity contribution in [1.29, 1.82) is 0 Å². The van der Waals surface area contributed by atoms with Crippen molar-refractivity contribution in [2.24, 2.45) is 0 Å². The molecule has 0 spiro atoms. The van der Waals surface area contributed by atoms with Crippen LogP contribution in [0, 0.1) is 13.8 Å². The number of nitrogens with zero attached hydrogens (tertiary/aromatic N) is 2. The average Bonchev–Trinajstić information content (AvgIpc) is 2.93. The lowest BCUT2D eigenvalue weighted by atomic mass is 10.1. The van der Waals surface area contributed by atoms with Gasteiger partial charge in [-0.1, -0.05) is 58.7 Å². The Bertz CT molecular complexity index is 1430. The first-order valence-electron chi connectivity index (χ1n) is 13.0. The molecule has 0 aliphatic rings. The molecular formula is C30H36BrN3O5S. The highest BCUT2D eigenvalue weighted by atomic mass is 79.9. The van der Waals surface area contributed by atoms with Crippen LogP contribution in [0.1, 0.15) is 37.0 Å². The number of ether oxygens (including phenoxy) is 1. The Morgan fingerprint density at radius 2 is 1.60 bits per heavy atom. The van der Waals surface area contributed by atoms with Gasteiger partial charge in [-0.25, -0.2) is 8.42 Å². The van der Waals surface area contributed by atoms with Gasteiger partial charge in [0.25, 0.3) is 10.0 Å². The minimum atomic E-state index is -4.19. The fourth-order valence-electron chi connectivity index (χ4n) is 4.11. The van der Waals surface area contributed by atoms with Crippen LogP contribution in [0.15, 0.2) is 76.1 Å². The number of hydrogen-bond donors (Lipinski definition) is 1. The molecule has 0 unspecified atom stereocenters. The Morgan fingerprint density at radius 3 is 2.20 bits per heavy atom. The van der Waals surface area contributed by atoms with Gasteiger partial charge >= 0.3 is 0 Å². The van der Waals surface area contributed by atoms with Crippen molar-refractivity contribution >= 4 is 43.5 Å². The van der Waals surface area contributed by atoms with Crippen molar-refractivity contribution < 1.29 is 22.7 Å². The molecule has 0 bridgehead atoms. The lowest BCUT2D eigenvalue weighted by molar-refractivity contribution is -0.139. The van der Waals surface area contributed by atoms with Crippen molar-refractivity contribution in [1.82, 2.24) is 10.2 Å². The van der Waals surface area contributed by atoms with Gasteiger partial charge in [0.05, 0.1) is 17.7 Å². The van der Waals surface area contributed by atoms with Crippen molar-refractivity contribution in [3.8, 4) is 5.75 Å². The average molecular weight is 631 g/mol. The quantitative estimate of drug-likeness (QED) is 0.297. The van der Waals surface area contributed by atoms with E-state index < -0.39 is 28.5 Å². The number of benzene rings is 3. The number of amides is 2. The first kappa shape index (κ1) is 31.2. The predicted octanol–water partition coefficient (Wildman–Crippen LogP) is 5.21. The number of anilines is 1. The second-order valence-corrected chi connectivity index (χ2v) is 12.4. The van der Waals surface area contributed by atoms with Gasteiger partial charge in [0.1, 0.15) is 18.3 Å². The van der Waals surface area contributed by atoms with E-state index in [0.717, 1.165) is 31.9 Å². The van der Waals surface area contributed by atoms with Crippen molar-refractivity contribution in [2.75, 3.05) is 24.5 Å². The van der Waals surface area contributed by atoms with Gasteiger partial charge in [0.15, 0.2) is 0 Å². The Kier molecular flexibility index (Phi) is 10.8. The van der Waals surface area contributed by atoms with Gasteiger partial charge < -0.3 is 15.0 Å². The molecule has 3 aromatic carbocycles. The third kappa shape index (κ3) is 7.63. The van der Waals surface area contributed by atoms with Gasteiger partial charge in [-0.2, -0.15) is 0 Å². The maximum Gasteiger partial charge on any atom is 0.264 e. The Labute approximate surface area is 245 Å². The standard InChI is InChI=1S/C30H36BrN3O5S/c1-6-17-32-30(36)23(4)33(19-24-10-12-25(31)13-11-24)29(35)20-34(27-18-22(3)9-16-28(27)39-5)40(37,38)26-14-7-21(2)8-15-26/h7-16,18,23H,6,17,19-20H2,1-5H3,(H,32,36)/t23-/m0/s1. The van der Waals surface area contributed by atoms with Crippen LogP contribution in [-0.4, -0.2) is 51.4 Å². The summed E-state index contributed by atoms with van der Waals surface area (Å²) < 4.78 is 35.5. The van der Waals surface area contributed by atoms with Gasteiger partial charge in [-0.3, -0.25) is 13.9 Å². The first-order chi connectivity index (χ1) is 19.0. The molecule has 3 rings (SSSR count). The summed E-state index contributed by atoms with van der Waals surface area (Å²) in [6.07, 6.45) is 0.745. The van der Waals surface area contributed by atoms with Gasteiger partial charge in [-0.15, -0.1) is 0 Å². The van der Waals surface area contributed by atoms with Crippen LogP contribution in [0.4, 0.5) is 5.69 Å². The van der Waals surface area contributed by atoms with E-state index in [-0.39, 0.29) is 23.0 Å². The summed E-state index contributed by atoms with van der Waals surface area (Å²) in [6.45, 7) is 7.35. The molecule has 0 saturated carbocycles. The van der Waals surface area contributed by atoms with Crippen LogP contribution in [0.3, 0.4) is 0 Å². The van der Waals surface area contributed by atoms with E-state index >= 15 is 0 Å². The number of rotatable bonds is 12. The second kappa shape index (κ2) is 13.8. The molecule has 0 aliphatic heterocycles. The van der Waals surface area contributed by atoms with Crippen molar-refractivity contribution in [2.45, 2.75) is 51.6 Å². The Morgan fingerprint density at radius 1 is 0.975 bits per heavy atom. The number of halogens is 1. The van der Waals surface area contributed by atoms with Crippen LogP contribution in [0.2, 0.25) is 0 Å². The Balaban J connectivity index is 2.08. The normalized spacial score (nSPS) is 11.9. The van der Waals surface area contributed by atoms with E-state index in [1.54, 1.807) is 37.3 Å². The molecule has 1 atom stereocenters. The summed E-state index contributed by atoms with van der Waals surface area (Å²) in [6, 6.07) is 18.2. The van der Waals surface area contributed by atoms with Gasteiger partial charge in [0.2, 0.25) is 11.8 Å². The number of sulfonamides is 1. The maximum absolute atomic E-state index is 14.0. The number of carbonyl (C=O) groups is 2. The van der Waals surface area contributed by atoms with E-state index in [9.17, 15) is 18.0 Å². The van der Waals surface area contributed by atoms with Crippen LogP contribution < -0.4 is 14.4 Å². The highest BCUT2D eigenvalue weighted by Crippen LogP contribution is 2.34. The summed E-state index contributed by atoms with van der Waals surface area (Å²) in [7, 11) is -2.74. The predicted molar refractivity (Wildman–Crippen MR) is 161 cm³/mol. The molecule has 0 saturated heterocycles. The molecule has 10 heteroatoms. The molecule has 0 radical (unpaired) electrons. The number of carbonyl (C=O) groups excluding carboxylic acids is 2. The topological polar surface area (TPSA) is 96.0 Å². The molecule has 3 aromatic rings. The minimum absolute atomic E-state index is 0.0441. The van der Waals surface area contributed by atoms with Gasteiger partial charge in [-0.05, 0) is 74.7 Å². The van der Waals surface area contributed by atoms with Crippen LogP contribution in [0.5, 0.6) is 5.75 Å². The SMILES string of the molecule is CCCNC(=O)[C@H](C)N(Cc1ccc(Br)cc1)C(=O)CN(c1cc(C)ccc1OC)S(=O)(=O)c1ccc(C)cc1. The smallest absolute Gasteiger partial charge is 0.264 e. The highest BCUT2D eigenvalue weighted by Gasteiger charge is 2.33. The highest BCUT2D eigenvalue weighted by molar-refractivity contribution is 9.10. The van der Waals surface area contributed by atoms with E-state index in [4.69, 9.17) is 4.74 Å². The van der Waals surface area contributed by atoms with Gasteiger partial charge in [0, 0.05) is 17.6 Å². The summed E-state index contributed by atoms with van der Waals surface area (Å²) in [5, 5.41) is 2.84. The molecule has 40 heavy (non-hydrogen) atoms. The molecule has 0 aliphatic carbocycles. The second-order valence-electron chi connectivity index (χ2n) is 9.62. The lowest BCUT2D eigenvalue weighted by Gasteiger charge is -2.32.